The van der Waals surface area contributed by atoms with Gasteiger partial charge < -0.3 is 10.0 Å². The normalized spacial score (nSPS) is 14.2. The summed E-state index contributed by atoms with van der Waals surface area (Å²) in [6.07, 6.45) is 1.84. The van der Waals surface area contributed by atoms with Crippen molar-refractivity contribution in [1.29, 1.82) is 0 Å². The zero-order valence-electron chi connectivity index (χ0n) is 10.1. The zero-order chi connectivity index (χ0) is 14.0. The lowest BCUT2D eigenvalue weighted by Crippen LogP contribution is -2.35. The molecule has 0 radical (unpaired) electrons. The smallest absolute Gasteiger partial charge is 0.271 e. The summed E-state index contributed by atoms with van der Waals surface area (Å²) in [4.78, 5) is 24.1. The molecule has 102 valence electrons. The van der Waals surface area contributed by atoms with E-state index in [1.807, 2.05) is 0 Å². The molecule has 0 aliphatic heterocycles. The highest BCUT2D eigenvalue weighted by Crippen LogP contribution is 2.29. The Morgan fingerprint density at radius 1 is 1.47 bits per heavy atom. The average molecular weight is 329 g/mol. The molecule has 2 rings (SSSR count). The number of nitro benzene ring substituents is 1. The van der Waals surface area contributed by atoms with Gasteiger partial charge in [-0.25, -0.2) is 0 Å². The molecule has 1 aliphatic carbocycles. The van der Waals surface area contributed by atoms with Crippen LogP contribution in [0.5, 0.6) is 0 Å². The van der Waals surface area contributed by atoms with E-state index in [2.05, 4.69) is 15.9 Å². The van der Waals surface area contributed by atoms with Crippen LogP contribution in [0.1, 0.15) is 23.2 Å². The predicted molar refractivity (Wildman–Crippen MR) is 71.9 cm³/mol. The summed E-state index contributed by atoms with van der Waals surface area (Å²) in [6.45, 7) is 0.141. The lowest BCUT2D eigenvalue weighted by Gasteiger charge is -2.21. The first-order valence-corrected chi connectivity index (χ1v) is 6.69. The Balaban J connectivity index is 2.28. The number of carbonyl (C=O) groups is 1. The Morgan fingerprint density at radius 2 is 2.16 bits per heavy atom. The second-order valence-electron chi connectivity index (χ2n) is 4.41. The Labute approximate surface area is 118 Å². The molecule has 1 fully saturated rings. The molecule has 1 amide bonds. The van der Waals surface area contributed by atoms with Crippen LogP contribution < -0.4 is 0 Å². The van der Waals surface area contributed by atoms with E-state index < -0.39 is 4.92 Å². The van der Waals surface area contributed by atoms with Crippen LogP contribution in [0, 0.1) is 10.1 Å². The summed E-state index contributed by atoms with van der Waals surface area (Å²) >= 11 is 3.17. The molecular weight excluding hydrogens is 316 g/mol. The van der Waals surface area contributed by atoms with E-state index in [-0.39, 0.29) is 36.4 Å². The molecule has 7 heteroatoms. The third kappa shape index (κ3) is 3.30. The lowest BCUT2D eigenvalue weighted by atomic mass is 10.1. The summed E-state index contributed by atoms with van der Waals surface area (Å²) < 4.78 is 0.491. The van der Waals surface area contributed by atoms with Crippen LogP contribution >= 0.6 is 15.9 Å². The van der Waals surface area contributed by atoms with Crippen molar-refractivity contribution in [3.05, 3.63) is 38.3 Å². The fourth-order valence-corrected chi connectivity index (χ4v) is 2.39. The fraction of sp³-hybridized carbons (Fsp3) is 0.417. The highest BCUT2D eigenvalue weighted by Gasteiger charge is 2.33. The Morgan fingerprint density at radius 3 is 2.68 bits per heavy atom. The monoisotopic (exact) mass is 328 g/mol. The minimum atomic E-state index is -0.533. The van der Waals surface area contributed by atoms with Crippen LogP contribution in [0.3, 0.4) is 0 Å². The van der Waals surface area contributed by atoms with Crippen LogP contribution in [0.4, 0.5) is 5.69 Å². The van der Waals surface area contributed by atoms with Crippen LogP contribution in [0.15, 0.2) is 22.7 Å². The molecule has 1 N–H and O–H groups in total. The first-order chi connectivity index (χ1) is 9.02. The van der Waals surface area contributed by atoms with Crippen molar-refractivity contribution >= 4 is 27.5 Å². The standard InChI is InChI=1S/C12H13BrN2O4/c13-9-5-8(6-11(7-9)15(18)19)12(17)14(3-4-16)10-1-2-10/h5-7,10,16H,1-4H2. The minimum absolute atomic E-state index is 0.113. The van der Waals surface area contributed by atoms with Gasteiger partial charge in [-0.1, -0.05) is 15.9 Å². The number of non-ortho nitro benzene ring substituents is 1. The van der Waals surface area contributed by atoms with Gasteiger partial charge in [0.05, 0.1) is 11.5 Å². The predicted octanol–water partition coefficient (Wildman–Crippen LogP) is 1.95. The van der Waals surface area contributed by atoms with Crippen LogP contribution in [0.2, 0.25) is 0 Å². The summed E-state index contributed by atoms with van der Waals surface area (Å²) in [5, 5.41) is 19.8. The molecule has 1 aromatic rings. The van der Waals surface area contributed by atoms with E-state index in [0.29, 0.717) is 4.47 Å². The molecule has 1 aliphatic rings. The first-order valence-electron chi connectivity index (χ1n) is 5.89. The molecule has 0 unspecified atom stereocenters. The topological polar surface area (TPSA) is 83.7 Å². The van der Waals surface area contributed by atoms with Gasteiger partial charge in [0, 0.05) is 34.8 Å². The molecule has 0 bridgehead atoms. The van der Waals surface area contributed by atoms with Gasteiger partial charge in [-0.3, -0.25) is 14.9 Å². The van der Waals surface area contributed by atoms with Gasteiger partial charge in [-0.2, -0.15) is 0 Å². The number of nitro groups is 1. The van der Waals surface area contributed by atoms with Gasteiger partial charge in [0.25, 0.3) is 11.6 Å². The van der Waals surface area contributed by atoms with Crippen molar-refractivity contribution in [2.24, 2.45) is 0 Å². The number of aliphatic hydroxyl groups excluding tert-OH is 1. The number of benzene rings is 1. The second kappa shape index (κ2) is 5.66. The number of carbonyl (C=O) groups excluding carboxylic acids is 1. The van der Waals surface area contributed by atoms with Gasteiger partial charge >= 0.3 is 0 Å². The zero-order valence-corrected chi connectivity index (χ0v) is 11.7. The minimum Gasteiger partial charge on any atom is -0.395 e. The third-order valence-corrected chi connectivity index (χ3v) is 3.39. The van der Waals surface area contributed by atoms with Gasteiger partial charge in [0.1, 0.15) is 0 Å². The van der Waals surface area contributed by atoms with Crippen molar-refractivity contribution in [3.8, 4) is 0 Å². The van der Waals surface area contributed by atoms with Gasteiger partial charge in [0.2, 0.25) is 0 Å². The average Bonchev–Trinajstić information content (AvgIpc) is 3.18. The molecule has 0 aromatic heterocycles. The fourth-order valence-electron chi connectivity index (χ4n) is 1.91. The van der Waals surface area contributed by atoms with Gasteiger partial charge in [-0.15, -0.1) is 0 Å². The molecule has 0 heterocycles. The molecule has 0 atom stereocenters. The number of nitrogens with zero attached hydrogens (tertiary/aromatic N) is 2. The summed E-state index contributed by atoms with van der Waals surface area (Å²) in [5.74, 6) is -0.277. The highest BCUT2D eigenvalue weighted by molar-refractivity contribution is 9.10. The summed E-state index contributed by atoms with van der Waals surface area (Å²) in [7, 11) is 0. The van der Waals surface area contributed by atoms with E-state index in [0.717, 1.165) is 12.8 Å². The maximum absolute atomic E-state index is 12.3. The van der Waals surface area contributed by atoms with Crippen molar-refractivity contribution in [2.75, 3.05) is 13.2 Å². The maximum Gasteiger partial charge on any atom is 0.271 e. The Bertz CT molecular complexity index is 516. The number of amides is 1. The van der Waals surface area contributed by atoms with Gasteiger partial charge in [0.15, 0.2) is 0 Å². The Kier molecular flexibility index (Phi) is 4.16. The summed E-state index contributed by atoms with van der Waals surface area (Å²) in [5.41, 5.74) is 0.138. The first kappa shape index (κ1) is 14.0. The molecule has 0 spiro atoms. The quantitative estimate of drug-likeness (QED) is 0.661. The molecule has 0 saturated heterocycles. The maximum atomic E-state index is 12.3. The molecule has 1 aromatic carbocycles. The SMILES string of the molecule is O=C(c1cc(Br)cc([N+](=O)[O-])c1)N(CCO)C1CC1. The van der Waals surface area contributed by atoms with Crippen LogP contribution in [0.25, 0.3) is 0 Å². The van der Waals surface area contributed by atoms with Crippen LogP contribution in [-0.4, -0.2) is 40.0 Å². The Hall–Kier alpha value is -1.47. The highest BCUT2D eigenvalue weighted by atomic mass is 79.9. The van der Waals surface area contributed by atoms with Crippen molar-refractivity contribution in [3.63, 3.8) is 0 Å². The third-order valence-electron chi connectivity index (χ3n) is 2.93. The van der Waals surface area contributed by atoms with E-state index in [1.54, 1.807) is 11.0 Å². The van der Waals surface area contributed by atoms with E-state index in [4.69, 9.17) is 5.11 Å². The lowest BCUT2D eigenvalue weighted by molar-refractivity contribution is -0.385. The van der Waals surface area contributed by atoms with Gasteiger partial charge in [-0.05, 0) is 18.9 Å². The molecule has 1 saturated carbocycles. The van der Waals surface area contributed by atoms with Crippen molar-refractivity contribution < 1.29 is 14.8 Å². The molecule has 19 heavy (non-hydrogen) atoms. The van der Waals surface area contributed by atoms with E-state index in [1.165, 1.54) is 12.1 Å². The van der Waals surface area contributed by atoms with Crippen molar-refractivity contribution in [1.82, 2.24) is 4.90 Å². The van der Waals surface area contributed by atoms with E-state index >= 15 is 0 Å². The number of aliphatic hydroxyl groups is 1. The van der Waals surface area contributed by atoms with E-state index in [9.17, 15) is 14.9 Å². The summed E-state index contributed by atoms with van der Waals surface area (Å²) in [6, 6.07) is 4.32. The van der Waals surface area contributed by atoms with Crippen molar-refractivity contribution in [2.45, 2.75) is 18.9 Å². The molecular formula is C12H13BrN2O4. The number of rotatable bonds is 5. The molecule has 6 nitrogen and oxygen atoms in total. The number of hydrogen-bond donors (Lipinski definition) is 1. The number of halogens is 1. The second-order valence-corrected chi connectivity index (χ2v) is 5.32. The largest absolute Gasteiger partial charge is 0.395 e. The van der Waals surface area contributed by atoms with Crippen LogP contribution in [-0.2, 0) is 0 Å². The number of hydrogen-bond acceptors (Lipinski definition) is 4.